The lowest BCUT2D eigenvalue weighted by atomic mass is 10.0. The molecule has 0 aromatic heterocycles. The minimum absolute atomic E-state index is 0.00927. The van der Waals surface area contributed by atoms with Gasteiger partial charge >= 0.3 is 0 Å². The lowest BCUT2D eigenvalue weighted by Crippen LogP contribution is -2.43. The van der Waals surface area contributed by atoms with Gasteiger partial charge in [-0.1, -0.05) is 40.5 Å². The first-order valence-electron chi connectivity index (χ1n) is 8.12. The second-order valence-corrected chi connectivity index (χ2v) is 8.44. The van der Waals surface area contributed by atoms with Gasteiger partial charge in [0.05, 0.1) is 0 Å². The molecule has 0 radical (unpaired) electrons. The maximum atomic E-state index is 12.2. The van der Waals surface area contributed by atoms with E-state index in [1.807, 2.05) is 6.92 Å². The highest BCUT2D eigenvalue weighted by Crippen LogP contribution is 2.09. The van der Waals surface area contributed by atoms with Crippen molar-refractivity contribution in [3.05, 3.63) is 0 Å². The van der Waals surface area contributed by atoms with Crippen molar-refractivity contribution in [2.75, 3.05) is 20.1 Å². The van der Waals surface area contributed by atoms with Crippen LogP contribution in [-0.2, 0) is 10.2 Å². The van der Waals surface area contributed by atoms with E-state index in [1.54, 1.807) is 7.05 Å². The van der Waals surface area contributed by atoms with Crippen LogP contribution in [0.4, 0.5) is 0 Å². The van der Waals surface area contributed by atoms with Crippen LogP contribution in [0.2, 0.25) is 0 Å². The topological polar surface area (TPSA) is 61.4 Å². The summed E-state index contributed by atoms with van der Waals surface area (Å²) in [6, 6.07) is 0.427. The number of rotatable bonds is 12. The zero-order chi connectivity index (χ0) is 16.5. The van der Waals surface area contributed by atoms with Crippen molar-refractivity contribution < 1.29 is 8.42 Å². The number of hydrogen-bond donors (Lipinski definition) is 2. The van der Waals surface area contributed by atoms with Gasteiger partial charge in [-0.05, 0) is 32.2 Å². The molecule has 128 valence electrons. The molecule has 0 bridgehead atoms. The second kappa shape index (κ2) is 10.5. The van der Waals surface area contributed by atoms with Crippen LogP contribution in [0.25, 0.3) is 0 Å². The molecule has 1 unspecified atom stereocenters. The Morgan fingerprint density at radius 1 is 1.00 bits per heavy atom. The zero-order valence-corrected chi connectivity index (χ0v) is 15.5. The molecule has 0 spiro atoms. The highest BCUT2D eigenvalue weighted by molar-refractivity contribution is 7.87. The summed E-state index contributed by atoms with van der Waals surface area (Å²) < 4.78 is 28.5. The van der Waals surface area contributed by atoms with Gasteiger partial charge in [0, 0.05) is 25.7 Å². The van der Waals surface area contributed by atoms with Gasteiger partial charge in [0.15, 0.2) is 0 Å². The van der Waals surface area contributed by atoms with Crippen LogP contribution in [0.5, 0.6) is 0 Å². The van der Waals surface area contributed by atoms with Gasteiger partial charge in [-0.15, -0.1) is 0 Å². The third kappa shape index (κ3) is 11.1. The molecular weight excluding hydrogens is 286 g/mol. The molecule has 6 heteroatoms. The lowest BCUT2D eigenvalue weighted by Gasteiger charge is -2.21. The van der Waals surface area contributed by atoms with Crippen molar-refractivity contribution in [2.45, 2.75) is 72.4 Å². The second-order valence-electron chi connectivity index (χ2n) is 6.63. The molecular formula is C15H35N3O2S. The van der Waals surface area contributed by atoms with Gasteiger partial charge in [0.25, 0.3) is 10.2 Å². The highest BCUT2D eigenvalue weighted by Gasteiger charge is 2.19. The first kappa shape index (κ1) is 20.8. The molecule has 0 heterocycles. The molecule has 0 amide bonds. The lowest BCUT2D eigenvalue weighted by molar-refractivity contribution is 0.425. The summed E-state index contributed by atoms with van der Waals surface area (Å²) in [7, 11) is -1.72. The van der Waals surface area contributed by atoms with Crippen LogP contribution in [0, 0.1) is 5.92 Å². The van der Waals surface area contributed by atoms with Crippen LogP contribution in [-0.4, -0.2) is 44.9 Å². The molecule has 0 fully saturated rings. The molecule has 0 aliphatic rings. The van der Waals surface area contributed by atoms with Crippen molar-refractivity contribution >= 4 is 10.2 Å². The van der Waals surface area contributed by atoms with Crippen LogP contribution in [0.3, 0.4) is 0 Å². The predicted molar refractivity (Wildman–Crippen MR) is 90.6 cm³/mol. The minimum Gasteiger partial charge on any atom is -0.314 e. The Balaban J connectivity index is 4.03. The number of nitrogens with one attached hydrogen (secondary N) is 2. The van der Waals surface area contributed by atoms with Crippen LogP contribution in [0.1, 0.15) is 60.3 Å². The third-order valence-electron chi connectivity index (χ3n) is 3.38. The Morgan fingerprint density at radius 2 is 1.62 bits per heavy atom. The Hall–Kier alpha value is -0.170. The predicted octanol–water partition coefficient (Wildman–Crippen LogP) is 2.36. The average molecular weight is 322 g/mol. The van der Waals surface area contributed by atoms with E-state index in [2.05, 4.69) is 37.7 Å². The fraction of sp³-hybridized carbons (Fsp3) is 1.00. The molecule has 0 aliphatic carbocycles. The summed E-state index contributed by atoms with van der Waals surface area (Å²) in [5.41, 5.74) is 0. The maximum absolute atomic E-state index is 12.2. The molecule has 2 N–H and O–H groups in total. The number of hydrogen-bond acceptors (Lipinski definition) is 3. The van der Waals surface area contributed by atoms with Crippen molar-refractivity contribution in [3.63, 3.8) is 0 Å². The molecule has 0 saturated heterocycles. The maximum Gasteiger partial charge on any atom is 0.279 e. The summed E-state index contributed by atoms with van der Waals surface area (Å²) in [6.45, 7) is 11.9. The van der Waals surface area contributed by atoms with E-state index < -0.39 is 10.2 Å². The van der Waals surface area contributed by atoms with Gasteiger partial charge < -0.3 is 5.32 Å². The standard InChI is InChI=1S/C15H35N3O2S/c1-13(2)9-7-10-15(5)17-21(19,20)18(6)12-8-11-16-14(3)4/h13-17H,7-12H2,1-6H3. The first-order valence-corrected chi connectivity index (χ1v) is 9.56. The van der Waals surface area contributed by atoms with Gasteiger partial charge in [-0.3, -0.25) is 0 Å². The van der Waals surface area contributed by atoms with Crippen molar-refractivity contribution in [3.8, 4) is 0 Å². The van der Waals surface area contributed by atoms with E-state index in [0.717, 1.165) is 32.2 Å². The molecule has 21 heavy (non-hydrogen) atoms. The average Bonchev–Trinajstić information content (AvgIpc) is 2.32. The largest absolute Gasteiger partial charge is 0.314 e. The Labute approximate surface area is 132 Å². The summed E-state index contributed by atoms with van der Waals surface area (Å²) in [5.74, 6) is 0.671. The van der Waals surface area contributed by atoms with Gasteiger partial charge in [0.1, 0.15) is 0 Å². The van der Waals surface area contributed by atoms with Crippen LogP contribution >= 0.6 is 0 Å². The Bertz CT molecular complexity index is 356. The van der Waals surface area contributed by atoms with E-state index >= 15 is 0 Å². The summed E-state index contributed by atoms with van der Waals surface area (Å²) in [4.78, 5) is 0. The van der Waals surface area contributed by atoms with Gasteiger partial charge in [-0.25, -0.2) is 0 Å². The van der Waals surface area contributed by atoms with Crippen molar-refractivity contribution in [2.24, 2.45) is 5.92 Å². The van der Waals surface area contributed by atoms with E-state index in [9.17, 15) is 8.42 Å². The van der Waals surface area contributed by atoms with E-state index in [4.69, 9.17) is 0 Å². The Kier molecular flexibility index (Phi) is 10.5. The van der Waals surface area contributed by atoms with E-state index in [-0.39, 0.29) is 6.04 Å². The van der Waals surface area contributed by atoms with Gasteiger partial charge in [-0.2, -0.15) is 17.4 Å². The molecule has 0 rings (SSSR count). The van der Waals surface area contributed by atoms with E-state index in [1.165, 1.54) is 4.31 Å². The van der Waals surface area contributed by atoms with Crippen molar-refractivity contribution in [1.29, 1.82) is 0 Å². The molecule has 0 saturated carbocycles. The van der Waals surface area contributed by atoms with Crippen LogP contribution < -0.4 is 10.0 Å². The fourth-order valence-electron chi connectivity index (χ4n) is 2.05. The number of nitrogens with zero attached hydrogens (tertiary/aromatic N) is 1. The summed E-state index contributed by atoms with van der Waals surface area (Å²) in [6.07, 6.45) is 3.91. The minimum atomic E-state index is -3.36. The molecule has 0 aromatic rings. The quantitative estimate of drug-likeness (QED) is 0.542. The smallest absolute Gasteiger partial charge is 0.279 e. The molecule has 0 aromatic carbocycles. The Morgan fingerprint density at radius 3 is 2.14 bits per heavy atom. The summed E-state index contributed by atoms with van der Waals surface area (Å²) in [5, 5.41) is 3.29. The molecule has 1 atom stereocenters. The molecule has 0 aliphatic heterocycles. The normalized spacial score (nSPS) is 14.3. The first-order chi connectivity index (χ1) is 9.65. The third-order valence-corrected chi connectivity index (χ3v) is 5.08. The molecule has 5 nitrogen and oxygen atoms in total. The summed E-state index contributed by atoms with van der Waals surface area (Å²) >= 11 is 0. The monoisotopic (exact) mass is 321 g/mol. The van der Waals surface area contributed by atoms with Gasteiger partial charge in [0.2, 0.25) is 0 Å². The van der Waals surface area contributed by atoms with E-state index in [0.29, 0.717) is 18.5 Å². The zero-order valence-electron chi connectivity index (χ0n) is 14.6. The fourth-order valence-corrected chi connectivity index (χ4v) is 3.22. The SMILES string of the molecule is CC(C)CCCC(C)NS(=O)(=O)N(C)CCCNC(C)C. The highest BCUT2D eigenvalue weighted by atomic mass is 32.2. The van der Waals surface area contributed by atoms with Crippen LogP contribution in [0.15, 0.2) is 0 Å². The van der Waals surface area contributed by atoms with Crippen molar-refractivity contribution in [1.82, 2.24) is 14.3 Å².